The molecule has 0 saturated heterocycles. The van der Waals surface area contributed by atoms with Crippen LogP contribution < -0.4 is 0 Å². The lowest BCUT2D eigenvalue weighted by atomic mass is 9.88. The average molecular weight is 325 g/mol. The van der Waals surface area contributed by atoms with E-state index in [1.807, 2.05) is 0 Å². The number of allylic oxidation sites excluding steroid dienone is 1. The highest BCUT2D eigenvalue weighted by Crippen LogP contribution is 2.44. The highest BCUT2D eigenvalue weighted by Gasteiger charge is 2.44. The van der Waals surface area contributed by atoms with Crippen LogP contribution in [0.1, 0.15) is 52.9 Å². The lowest BCUT2D eigenvalue weighted by molar-refractivity contribution is -0.145. The van der Waals surface area contributed by atoms with Gasteiger partial charge in [-0.1, -0.05) is 32.9 Å². The minimum absolute atomic E-state index is 0.0294. The van der Waals surface area contributed by atoms with Gasteiger partial charge < -0.3 is 9.16 Å². The number of fused-ring (bicyclic) bond motifs is 1. The first-order chi connectivity index (χ1) is 10.2. The van der Waals surface area contributed by atoms with Crippen LogP contribution >= 0.6 is 0 Å². The number of ether oxygens (including phenoxy) is 1. The molecule has 1 saturated carbocycles. The first-order valence-corrected chi connectivity index (χ1v) is 11.6. The molecule has 3 atom stereocenters. The fourth-order valence-electron chi connectivity index (χ4n) is 3.29. The SMILES string of the molecule is CC(C)(C)[Si](C)(C)O[C@@H]1CC[C@@H]2CC(=O)OCC/C=C\C[C@@H]21. The van der Waals surface area contributed by atoms with E-state index in [-0.39, 0.29) is 11.0 Å². The predicted octanol–water partition coefficient (Wildman–Crippen LogP) is 4.69. The molecule has 0 spiro atoms. The van der Waals surface area contributed by atoms with Crippen LogP contribution in [0.4, 0.5) is 0 Å². The van der Waals surface area contributed by atoms with Gasteiger partial charge in [-0.3, -0.25) is 4.79 Å². The second-order valence-corrected chi connectivity index (χ2v) is 13.1. The first-order valence-electron chi connectivity index (χ1n) is 8.69. The van der Waals surface area contributed by atoms with E-state index >= 15 is 0 Å². The van der Waals surface area contributed by atoms with Crippen LogP contribution in [0.3, 0.4) is 0 Å². The molecule has 0 unspecified atom stereocenters. The molecular formula is C18H32O3Si. The van der Waals surface area contributed by atoms with Crippen LogP contribution in [-0.2, 0) is 14.0 Å². The fourth-order valence-corrected chi connectivity index (χ4v) is 4.70. The van der Waals surface area contributed by atoms with E-state index in [9.17, 15) is 4.79 Å². The van der Waals surface area contributed by atoms with E-state index in [4.69, 9.17) is 9.16 Å². The molecule has 126 valence electrons. The molecule has 2 aliphatic rings. The van der Waals surface area contributed by atoms with Gasteiger partial charge in [-0.25, -0.2) is 0 Å². The first kappa shape index (κ1) is 17.7. The summed E-state index contributed by atoms with van der Waals surface area (Å²) in [4.78, 5) is 11.9. The minimum Gasteiger partial charge on any atom is -0.465 e. The Balaban J connectivity index is 2.10. The molecule has 22 heavy (non-hydrogen) atoms. The van der Waals surface area contributed by atoms with Gasteiger partial charge in [-0.15, -0.1) is 0 Å². The normalized spacial score (nSPS) is 32.2. The summed E-state index contributed by atoms with van der Waals surface area (Å²) in [6.07, 6.45) is 9.34. The maximum Gasteiger partial charge on any atom is 0.306 e. The summed E-state index contributed by atoms with van der Waals surface area (Å²) in [5.41, 5.74) is 0. The van der Waals surface area contributed by atoms with Crippen molar-refractivity contribution >= 4 is 14.3 Å². The summed E-state index contributed by atoms with van der Waals surface area (Å²) in [6, 6.07) is 0. The Hall–Kier alpha value is -0.613. The van der Waals surface area contributed by atoms with Crippen LogP contribution in [0.2, 0.25) is 18.1 Å². The van der Waals surface area contributed by atoms with Crippen LogP contribution in [0.5, 0.6) is 0 Å². The molecule has 0 aromatic rings. The minimum atomic E-state index is -1.76. The number of esters is 1. The molecule has 3 nitrogen and oxygen atoms in total. The molecule has 0 radical (unpaired) electrons. The van der Waals surface area contributed by atoms with Crippen molar-refractivity contribution in [3.8, 4) is 0 Å². The molecule has 0 N–H and O–H groups in total. The van der Waals surface area contributed by atoms with Gasteiger partial charge in [0.05, 0.1) is 6.61 Å². The predicted molar refractivity (Wildman–Crippen MR) is 92.2 cm³/mol. The van der Waals surface area contributed by atoms with Crippen molar-refractivity contribution in [1.29, 1.82) is 0 Å². The molecule has 1 aliphatic heterocycles. The molecular weight excluding hydrogens is 292 g/mol. The van der Waals surface area contributed by atoms with Crippen molar-refractivity contribution in [3.63, 3.8) is 0 Å². The van der Waals surface area contributed by atoms with Crippen molar-refractivity contribution in [1.82, 2.24) is 0 Å². The van der Waals surface area contributed by atoms with Gasteiger partial charge >= 0.3 is 5.97 Å². The van der Waals surface area contributed by atoms with Crippen LogP contribution in [0.25, 0.3) is 0 Å². The van der Waals surface area contributed by atoms with Crippen molar-refractivity contribution < 1.29 is 14.0 Å². The third-order valence-corrected chi connectivity index (χ3v) is 10.2. The Morgan fingerprint density at radius 1 is 1.23 bits per heavy atom. The van der Waals surface area contributed by atoms with Crippen LogP contribution in [-0.4, -0.2) is 27.0 Å². The molecule has 2 rings (SSSR count). The summed E-state index contributed by atoms with van der Waals surface area (Å²) in [6.45, 7) is 12.0. The second kappa shape index (κ2) is 6.87. The summed E-state index contributed by atoms with van der Waals surface area (Å²) in [5.74, 6) is 0.860. The quantitative estimate of drug-likeness (QED) is 0.420. The van der Waals surface area contributed by atoms with E-state index < -0.39 is 8.32 Å². The topological polar surface area (TPSA) is 35.5 Å². The average Bonchev–Trinajstić information content (AvgIpc) is 2.75. The maximum absolute atomic E-state index is 11.9. The molecule has 0 amide bonds. The maximum atomic E-state index is 11.9. The van der Waals surface area contributed by atoms with E-state index in [0.717, 1.165) is 25.7 Å². The zero-order valence-corrected chi connectivity index (χ0v) is 15.9. The number of carbonyl (C=O) groups excluding carboxylic acids is 1. The van der Waals surface area contributed by atoms with E-state index in [1.165, 1.54) is 0 Å². The highest BCUT2D eigenvalue weighted by atomic mass is 28.4. The number of hydrogen-bond acceptors (Lipinski definition) is 3. The Morgan fingerprint density at radius 2 is 1.95 bits per heavy atom. The second-order valence-electron chi connectivity index (χ2n) is 8.34. The Bertz CT molecular complexity index is 423. The summed E-state index contributed by atoms with van der Waals surface area (Å²) in [7, 11) is -1.76. The van der Waals surface area contributed by atoms with Gasteiger partial charge in [-0.2, -0.15) is 0 Å². The lowest BCUT2D eigenvalue weighted by Crippen LogP contribution is -2.45. The van der Waals surface area contributed by atoms with Gasteiger partial charge in [0.25, 0.3) is 0 Å². The van der Waals surface area contributed by atoms with Gasteiger partial charge in [0.1, 0.15) is 0 Å². The third kappa shape index (κ3) is 4.22. The molecule has 0 aromatic carbocycles. The molecule has 1 heterocycles. The van der Waals surface area contributed by atoms with Crippen molar-refractivity contribution in [2.24, 2.45) is 11.8 Å². The smallest absolute Gasteiger partial charge is 0.306 e. The van der Waals surface area contributed by atoms with E-state index in [1.54, 1.807) is 0 Å². The number of hydrogen-bond donors (Lipinski definition) is 0. The number of rotatable bonds is 2. The number of cyclic esters (lactones) is 1. The standard InChI is InChI=1S/C18H32O3Si/c1-18(2,3)22(4,5)21-16-11-10-14-13-17(19)20-12-8-6-7-9-15(14)16/h6-7,14-16H,8-13H2,1-5H3/b7-6-/t14-,15+,16-/m1/s1. The molecule has 1 fully saturated rings. The zero-order chi connectivity index (χ0) is 16.4. The Labute approximate surface area is 136 Å². The summed E-state index contributed by atoms with van der Waals surface area (Å²) < 4.78 is 12.0. The zero-order valence-electron chi connectivity index (χ0n) is 14.9. The van der Waals surface area contributed by atoms with Crippen molar-refractivity contribution in [3.05, 3.63) is 12.2 Å². The van der Waals surface area contributed by atoms with Gasteiger partial charge in [0, 0.05) is 12.5 Å². The summed E-state index contributed by atoms with van der Waals surface area (Å²) in [5, 5.41) is 0.232. The highest BCUT2D eigenvalue weighted by molar-refractivity contribution is 6.74. The molecule has 1 aliphatic carbocycles. The van der Waals surface area contributed by atoms with Gasteiger partial charge in [0.2, 0.25) is 0 Å². The molecule has 0 aromatic heterocycles. The lowest BCUT2D eigenvalue weighted by Gasteiger charge is -2.40. The van der Waals surface area contributed by atoms with E-state index in [2.05, 4.69) is 46.0 Å². The van der Waals surface area contributed by atoms with Crippen molar-refractivity contribution in [2.75, 3.05) is 6.61 Å². The fraction of sp³-hybridized carbons (Fsp3) is 0.833. The Morgan fingerprint density at radius 3 is 2.64 bits per heavy atom. The van der Waals surface area contributed by atoms with Gasteiger partial charge in [-0.05, 0) is 55.7 Å². The molecule has 4 heteroatoms. The monoisotopic (exact) mass is 324 g/mol. The van der Waals surface area contributed by atoms with E-state index in [0.29, 0.717) is 31.0 Å². The van der Waals surface area contributed by atoms with Crippen LogP contribution in [0.15, 0.2) is 12.2 Å². The largest absolute Gasteiger partial charge is 0.465 e. The number of carbonyl (C=O) groups is 1. The Kier molecular flexibility index (Phi) is 5.54. The van der Waals surface area contributed by atoms with Crippen LogP contribution in [0, 0.1) is 11.8 Å². The van der Waals surface area contributed by atoms with Crippen molar-refractivity contribution in [2.45, 2.75) is 77.1 Å². The molecule has 0 bridgehead atoms. The summed E-state index contributed by atoms with van der Waals surface area (Å²) >= 11 is 0. The third-order valence-electron chi connectivity index (χ3n) is 5.71. The van der Waals surface area contributed by atoms with Gasteiger partial charge in [0.15, 0.2) is 8.32 Å².